The summed E-state index contributed by atoms with van der Waals surface area (Å²) in [7, 11) is -3.56. The highest BCUT2D eigenvalue weighted by Gasteiger charge is 2.30. The molecule has 2 heterocycles. The molecule has 0 amide bonds. The van der Waals surface area contributed by atoms with Crippen molar-refractivity contribution in [2.24, 2.45) is 5.92 Å². The van der Waals surface area contributed by atoms with Crippen molar-refractivity contribution in [1.29, 1.82) is 0 Å². The van der Waals surface area contributed by atoms with Gasteiger partial charge in [-0.15, -0.1) is 0 Å². The zero-order valence-electron chi connectivity index (χ0n) is 19.8. The summed E-state index contributed by atoms with van der Waals surface area (Å²) in [6, 6.07) is 18.2. The van der Waals surface area contributed by atoms with Gasteiger partial charge in [-0.05, 0) is 48.9 Å². The van der Waals surface area contributed by atoms with E-state index in [2.05, 4.69) is 15.3 Å². The predicted octanol–water partition coefficient (Wildman–Crippen LogP) is 2.44. The van der Waals surface area contributed by atoms with Gasteiger partial charge in [0.05, 0.1) is 10.4 Å². The van der Waals surface area contributed by atoms with E-state index in [4.69, 9.17) is 4.74 Å². The number of nitrogens with zero attached hydrogens (tertiary/aromatic N) is 1. The molecule has 4 N–H and O–H groups in total. The predicted molar refractivity (Wildman–Crippen MR) is 139 cm³/mol. The highest BCUT2D eigenvalue weighted by atomic mass is 32.2. The molecule has 1 fully saturated rings. The first-order valence-electron chi connectivity index (χ1n) is 12.1. The van der Waals surface area contributed by atoms with E-state index in [9.17, 15) is 18.3 Å². The van der Waals surface area contributed by atoms with Crippen molar-refractivity contribution in [3.05, 3.63) is 71.1 Å². The summed E-state index contributed by atoms with van der Waals surface area (Å²) >= 11 is 0. The number of piperidine rings is 1. The van der Waals surface area contributed by atoms with Crippen LogP contribution in [0.5, 0.6) is 5.75 Å². The van der Waals surface area contributed by atoms with Crippen molar-refractivity contribution >= 4 is 31.8 Å². The first-order valence-corrected chi connectivity index (χ1v) is 13.6. The molecule has 0 aliphatic carbocycles. The summed E-state index contributed by atoms with van der Waals surface area (Å²) in [4.78, 5) is 17.2. The zero-order valence-corrected chi connectivity index (χ0v) is 20.6. The van der Waals surface area contributed by atoms with E-state index < -0.39 is 16.1 Å². The molecule has 1 saturated heterocycles. The van der Waals surface area contributed by atoms with Crippen LogP contribution in [0, 0.1) is 5.92 Å². The molecular weight excluding hydrogens is 480 g/mol. The Bertz CT molecular complexity index is 1500. The van der Waals surface area contributed by atoms with Gasteiger partial charge in [0.2, 0.25) is 10.0 Å². The second-order valence-electron chi connectivity index (χ2n) is 9.21. The first kappa shape index (κ1) is 24.5. The molecule has 3 aromatic carbocycles. The van der Waals surface area contributed by atoms with Crippen LogP contribution in [0.4, 0.5) is 0 Å². The third-order valence-electron chi connectivity index (χ3n) is 6.70. The molecule has 1 atom stereocenters. The number of rotatable bonds is 9. The van der Waals surface area contributed by atoms with Gasteiger partial charge in [-0.25, -0.2) is 13.2 Å². The van der Waals surface area contributed by atoms with Crippen molar-refractivity contribution in [2.45, 2.75) is 23.8 Å². The van der Waals surface area contributed by atoms with Crippen LogP contribution in [0.2, 0.25) is 0 Å². The van der Waals surface area contributed by atoms with Crippen LogP contribution in [0.3, 0.4) is 0 Å². The van der Waals surface area contributed by atoms with Gasteiger partial charge < -0.3 is 25.1 Å². The number of aromatic nitrogens is 2. The molecule has 1 aromatic heterocycles. The minimum Gasteiger partial charge on any atom is -0.489 e. The van der Waals surface area contributed by atoms with E-state index in [0.29, 0.717) is 53.8 Å². The standard InChI is InChI=1S/C26H30N4O5S/c31-20(17-35-23-9-4-8-22-25(23)29-26(32)28-22)16-27-15-18-11-13-30(14-12-18)36(33,34)24-10-3-6-19-5-1-2-7-21(19)24/h1-10,18,20,27,31H,11-17H2,(H2,28,29,32)/t20-/m0/s1. The SMILES string of the molecule is O=c1[nH]c2cccc(OC[C@@H](O)CNCC3CCN(S(=O)(=O)c4cccc5ccccc45)CC3)c2[nH]1. The number of sulfonamides is 1. The summed E-state index contributed by atoms with van der Waals surface area (Å²) in [6.45, 7) is 2.08. The fourth-order valence-corrected chi connectivity index (χ4v) is 6.45. The number of imidazole rings is 1. The normalized spacial score (nSPS) is 16.5. The molecular formula is C26H30N4O5S. The van der Waals surface area contributed by atoms with Crippen LogP contribution >= 0.6 is 0 Å². The van der Waals surface area contributed by atoms with Gasteiger partial charge in [-0.3, -0.25) is 0 Å². The lowest BCUT2D eigenvalue weighted by atomic mass is 9.98. The van der Waals surface area contributed by atoms with Crippen LogP contribution in [0.15, 0.2) is 70.4 Å². The van der Waals surface area contributed by atoms with Crippen molar-refractivity contribution in [3.8, 4) is 5.75 Å². The van der Waals surface area contributed by atoms with Gasteiger partial charge in [0.1, 0.15) is 24.0 Å². The number of aliphatic hydroxyl groups excluding tert-OH is 1. The number of benzene rings is 3. The Morgan fingerprint density at radius 2 is 1.78 bits per heavy atom. The fraction of sp³-hybridized carbons (Fsp3) is 0.346. The molecule has 10 heteroatoms. The topological polar surface area (TPSA) is 128 Å². The smallest absolute Gasteiger partial charge is 0.323 e. The number of hydrogen-bond donors (Lipinski definition) is 4. The molecule has 0 saturated carbocycles. The highest BCUT2D eigenvalue weighted by Crippen LogP contribution is 2.28. The highest BCUT2D eigenvalue weighted by molar-refractivity contribution is 7.89. The molecule has 1 aliphatic rings. The summed E-state index contributed by atoms with van der Waals surface area (Å²) in [5.41, 5.74) is 0.922. The Labute approximate surface area is 209 Å². The number of hydrogen-bond acceptors (Lipinski definition) is 6. The number of aromatic amines is 2. The van der Waals surface area contributed by atoms with Crippen LogP contribution in [-0.4, -0.2) is 66.7 Å². The summed E-state index contributed by atoms with van der Waals surface area (Å²) in [5, 5.41) is 15.3. The maximum atomic E-state index is 13.3. The Kier molecular flexibility index (Phi) is 7.10. The monoisotopic (exact) mass is 510 g/mol. The number of aliphatic hydroxyl groups is 1. The van der Waals surface area contributed by atoms with Crippen LogP contribution < -0.4 is 15.7 Å². The van der Waals surface area contributed by atoms with Crippen molar-refractivity contribution in [3.63, 3.8) is 0 Å². The molecule has 1 aliphatic heterocycles. The Balaban J connectivity index is 1.09. The van der Waals surface area contributed by atoms with Gasteiger partial charge in [0, 0.05) is 25.0 Å². The van der Waals surface area contributed by atoms with E-state index in [0.717, 1.165) is 23.6 Å². The minimum atomic E-state index is -3.56. The molecule has 0 unspecified atom stereocenters. The molecule has 36 heavy (non-hydrogen) atoms. The number of ether oxygens (including phenoxy) is 1. The number of H-pyrrole nitrogens is 2. The van der Waals surface area contributed by atoms with Crippen LogP contribution in [0.1, 0.15) is 12.8 Å². The first-order chi connectivity index (χ1) is 17.4. The fourth-order valence-electron chi connectivity index (χ4n) is 4.76. The Hall–Kier alpha value is -3.18. The zero-order chi connectivity index (χ0) is 25.1. The van der Waals surface area contributed by atoms with Gasteiger partial charge in [-0.1, -0.05) is 42.5 Å². The van der Waals surface area contributed by atoms with Crippen molar-refractivity contribution in [1.82, 2.24) is 19.6 Å². The van der Waals surface area contributed by atoms with E-state index in [1.54, 1.807) is 34.6 Å². The van der Waals surface area contributed by atoms with Crippen LogP contribution in [0.25, 0.3) is 21.8 Å². The molecule has 4 aromatic rings. The van der Waals surface area contributed by atoms with Gasteiger partial charge in [-0.2, -0.15) is 4.31 Å². The molecule has 0 bridgehead atoms. The van der Waals surface area contributed by atoms with E-state index >= 15 is 0 Å². The lowest BCUT2D eigenvalue weighted by molar-refractivity contribution is 0.105. The van der Waals surface area contributed by atoms with Crippen molar-refractivity contribution in [2.75, 3.05) is 32.8 Å². The third-order valence-corrected chi connectivity index (χ3v) is 8.65. The minimum absolute atomic E-state index is 0.0844. The molecule has 0 spiro atoms. The number of nitrogens with one attached hydrogen (secondary N) is 3. The lowest BCUT2D eigenvalue weighted by Crippen LogP contribution is -2.42. The van der Waals surface area contributed by atoms with Crippen LogP contribution in [-0.2, 0) is 10.0 Å². The number of para-hydroxylation sites is 1. The lowest BCUT2D eigenvalue weighted by Gasteiger charge is -2.31. The third kappa shape index (κ3) is 5.17. The van der Waals surface area contributed by atoms with Gasteiger partial charge >= 0.3 is 5.69 Å². The summed E-state index contributed by atoms with van der Waals surface area (Å²) in [5.74, 6) is 0.834. The summed E-state index contributed by atoms with van der Waals surface area (Å²) in [6.07, 6.45) is 0.788. The van der Waals surface area contributed by atoms with E-state index in [1.807, 2.05) is 30.3 Å². The Morgan fingerprint density at radius 3 is 2.61 bits per heavy atom. The Morgan fingerprint density at radius 1 is 1.03 bits per heavy atom. The molecule has 5 rings (SSSR count). The maximum absolute atomic E-state index is 13.3. The maximum Gasteiger partial charge on any atom is 0.323 e. The average molecular weight is 511 g/mol. The summed E-state index contributed by atoms with van der Waals surface area (Å²) < 4.78 is 33.9. The van der Waals surface area contributed by atoms with Crippen molar-refractivity contribution < 1.29 is 18.3 Å². The quantitative estimate of drug-likeness (QED) is 0.274. The molecule has 9 nitrogen and oxygen atoms in total. The second-order valence-corrected chi connectivity index (χ2v) is 11.1. The average Bonchev–Trinajstić information content (AvgIpc) is 3.28. The second kappa shape index (κ2) is 10.4. The van der Waals surface area contributed by atoms with Gasteiger partial charge in [0.25, 0.3) is 0 Å². The van der Waals surface area contributed by atoms with Gasteiger partial charge in [0.15, 0.2) is 0 Å². The molecule has 0 radical (unpaired) electrons. The van der Waals surface area contributed by atoms with E-state index in [-0.39, 0.29) is 12.3 Å². The number of fused-ring (bicyclic) bond motifs is 2. The van der Waals surface area contributed by atoms with E-state index in [1.165, 1.54) is 0 Å². The molecule has 190 valence electrons. The largest absolute Gasteiger partial charge is 0.489 e.